The van der Waals surface area contributed by atoms with Crippen LogP contribution in [0.5, 0.6) is 0 Å². The average molecular weight is 369 g/mol. The summed E-state index contributed by atoms with van der Waals surface area (Å²) in [6, 6.07) is 7.75. The van der Waals surface area contributed by atoms with E-state index in [9.17, 15) is 0 Å². The van der Waals surface area contributed by atoms with Gasteiger partial charge >= 0.3 is 0 Å². The fraction of sp³-hybridized carbons (Fsp3) is 0.176. The van der Waals surface area contributed by atoms with E-state index < -0.39 is 0 Å². The minimum atomic E-state index is 0.736. The van der Waals surface area contributed by atoms with E-state index in [1.165, 1.54) is 0 Å². The van der Waals surface area contributed by atoms with Crippen molar-refractivity contribution in [2.45, 2.75) is 17.8 Å². The molecule has 0 saturated heterocycles. The minimum absolute atomic E-state index is 0.736. The van der Waals surface area contributed by atoms with Gasteiger partial charge in [-0.1, -0.05) is 17.8 Å². The highest BCUT2D eigenvalue weighted by Gasteiger charge is 2.15. The Morgan fingerprint density at radius 1 is 1.24 bits per heavy atom. The number of thioether (sulfide) groups is 1. The van der Waals surface area contributed by atoms with Crippen molar-refractivity contribution in [1.29, 1.82) is 0 Å². The Bertz CT molecular complexity index is 990. The Labute approximate surface area is 153 Å². The molecule has 0 aromatic carbocycles. The van der Waals surface area contributed by atoms with E-state index in [1.807, 2.05) is 42.8 Å². The number of aryl methyl sites for hydroxylation is 1. The van der Waals surface area contributed by atoms with Crippen LogP contribution in [-0.4, -0.2) is 24.7 Å². The molecule has 0 aliphatic rings. The predicted octanol–water partition coefficient (Wildman–Crippen LogP) is 4.19. The van der Waals surface area contributed by atoms with E-state index in [2.05, 4.69) is 25.5 Å². The fourth-order valence-corrected chi connectivity index (χ4v) is 4.11. The standard InChI is InChI=1S/C17H15N5OS2/c1-11-13(6-8-23-11)15-20-21-17(22(15)2)25-10-12-9-24-16(19-12)14-5-3-4-7-18-14/h3-9H,10H2,1-2H3. The molecule has 0 bridgehead atoms. The Morgan fingerprint density at radius 2 is 2.16 bits per heavy atom. The lowest BCUT2D eigenvalue weighted by atomic mass is 10.2. The molecule has 4 rings (SSSR count). The predicted molar refractivity (Wildman–Crippen MR) is 98.3 cm³/mol. The SMILES string of the molecule is Cc1occc1-c1nnc(SCc2csc(-c3ccccn3)n2)n1C. The molecular weight excluding hydrogens is 354 g/mol. The van der Waals surface area contributed by atoms with Gasteiger partial charge in [0.15, 0.2) is 11.0 Å². The molecule has 0 spiro atoms. The number of furan rings is 1. The lowest BCUT2D eigenvalue weighted by Gasteiger charge is -2.02. The van der Waals surface area contributed by atoms with Crippen molar-refractivity contribution in [2.75, 3.05) is 0 Å². The molecule has 0 radical (unpaired) electrons. The minimum Gasteiger partial charge on any atom is -0.469 e. The summed E-state index contributed by atoms with van der Waals surface area (Å²) in [5.41, 5.74) is 2.88. The maximum Gasteiger partial charge on any atom is 0.191 e. The van der Waals surface area contributed by atoms with Crippen LogP contribution in [0.25, 0.3) is 22.1 Å². The quantitative estimate of drug-likeness (QED) is 0.491. The van der Waals surface area contributed by atoms with Gasteiger partial charge in [-0.15, -0.1) is 21.5 Å². The molecule has 4 heterocycles. The third kappa shape index (κ3) is 3.22. The molecule has 0 unspecified atom stereocenters. The Balaban J connectivity index is 1.49. The molecule has 126 valence electrons. The van der Waals surface area contributed by atoms with E-state index in [0.29, 0.717) is 0 Å². The molecule has 0 atom stereocenters. The van der Waals surface area contributed by atoms with Gasteiger partial charge in [0.1, 0.15) is 10.8 Å². The van der Waals surface area contributed by atoms with Gasteiger partial charge in [0.25, 0.3) is 0 Å². The second-order valence-corrected chi connectivity index (χ2v) is 7.20. The van der Waals surface area contributed by atoms with E-state index in [0.717, 1.165) is 44.5 Å². The van der Waals surface area contributed by atoms with Gasteiger partial charge in [-0.25, -0.2) is 4.98 Å². The monoisotopic (exact) mass is 369 g/mol. The molecule has 6 nitrogen and oxygen atoms in total. The highest BCUT2D eigenvalue weighted by molar-refractivity contribution is 7.98. The van der Waals surface area contributed by atoms with Crippen molar-refractivity contribution in [2.24, 2.45) is 7.05 Å². The first-order chi connectivity index (χ1) is 12.2. The van der Waals surface area contributed by atoms with Crippen LogP contribution in [-0.2, 0) is 12.8 Å². The fourth-order valence-electron chi connectivity index (χ4n) is 2.41. The molecule has 4 aromatic heterocycles. The second kappa shape index (κ2) is 6.81. The number of rotatable bonds is 5. The van der Waals surface area contributed by atoms with Gasteiger partial charge in [-0.05, 0) is 25.1 Å². The molecule has 0 aliphatic carbocycles. The summed E-state index contributed by atoms with van der Waals surface area (Å²) in [7, 11) is 1.96. The largest absolute Gasteiger partial charge is 0.469 e. The van der Waals surface area contributed by atoms with Crippen LogP contribution in [0.4, 0.5) is 0 Å². The van der Waals surface area contributed by atoms with Crippen LogP contribution in [0.1, 0.15) is 11.5 Å². The zero-order valence-electron chi connectivity index (χ0n) is 13.7. The number of hydrogen-bond donors (Lipinski definition) is 0. The van der Waals surface area contributed by atoms with Crippen molar-refractivity contribution in [3.05, 3.63) is 53.6 Å². The third-order valence-corrected chi connectivity index (χ3v) is 5.69. The second-order valence-electron chi connectivity index (χ2n) is 5.40. The van der Waals surface area contributed by atoms with Crippen LogP contribution in [0.2, 0.25) is 0 Å². The highest BCUT2D eigenvalue weighted by Crippen LogP contribution is 2.29. The molecule has 4 aromatic rings. The van der Waals surface area contributed by atoms with E-state index >= 15 is 0 Å². The molecule has 8 heteroatoms. The zero-order valence-corrected chi connectivity index (χ0v) is 15.3. The molecule has 0 saturated carbocycles. The van der Waals surface area contributed by atoms with Gasteiger partial charge in [0.05, 0.1) is 23.2 Å². The van der Waals surface area contributed by atoms with Gasteiger partial charge in [-0.3, -0.25) is 4.98 Å². The summed E-state index contributed by atoms with van der Waals surface area (Å²) >= 11 is 3.22. The summed E-state index contributed by atoms with van der Waals surface area (Å²) in [6.45, 7) is 1.92. The average Bonchev–Trinajstić information content (AvgIpc) is 3.35. The summed E-state index contributed by atoms with van der Waals surface area (Å²) in [6.07, 6.45) is 3.45. The number of hydrogen-bond acceptors (Lipinski definition) is 7. The summed E-state index contributed by atoms with van der Waals surface area (Å²) < 4.78 is 7.34. The summed E-state index contributed by atoms with van der Waals surface area (Å²) in [5, 5.41) is 12.4. The zero-order chi connectivity index (χ0) is 17.2. The maximum atomic E-state index is 5.35. The number of thiazole rings is 1. The van der Waals surface area contributed by atoms with Crippen molar-refractivity contribution in [1.82, 2.24) is 24.7 Å². The summed E-state index contributed by atoms with van der Waals surface area (Å²) in [5.74, 6) is 2.38. The van der Waals surface area contributed by atoms with Gasteiger partial charge < -0.3 is 8.98 Å². The van der Waals surface area contributed by atoms with Crippen LogP contribution in [0.3, 0.4) is 0 Å². The molecule has 0 fully saturated rings. The van der Waals surface area contributed by atoms with Crippen molar-refractivity contribution < 1.29 is 4.42 Å². The first-order valence-corrected chi connectivity index (χ1v) is 9.51. The lowest BCUT2D eigenvalue weighted by Crippen LogP contribution is -1.95. The number of aromatic nitrogens is 5. The van der Waals surface area contributed by atoms with Crippen LogP contribution in [0, 0.1) is 6.92 Å². The normalized spacial score (nSPS) is 11.1. The molecule has 25 heavy (non-hydrogen) atoms. The number of nitrogens with zero attached hydrogens (tertiary/aromatic N) is 5. The van der Waals surface area contributed by atoms with Crippen LogP contribution >= 0.6 is 23.1 Å². The van der Waals surface area contributed by atoms with Crippen molar-refractivity contribution >= 4 is 23.1 Å². The van der Waals surface area contributed by atoms with Gasteiger partial charge in [0, 0.05) is 24.4 Å². The van der Waals surface area contributed by atoms with Crippen molar-refractivity contribution in [3.8, 4) is 22.1 Å². The molecule has 0 N–H and O–H groups in total. The van der Waals surface area contributed by atoms with Crippen molar-refractivity contribution in [3.63, 3.8) is 0 Å². The van der Waals surface area contributed by atoms with E-state index in [1.54, 1.807) is 35.6 Å². The highest BCUT2D eigenvalue weighted by atomic mass is 32.2. The first kappa shape index (κ1) is 16.0. The van der Waals surface area contributed by atoms with E-state index in [4.69, 9.17) is 4.42 Å². The Kier molecular flexibility index (Phi) is 4.37. The van der Waals surface area contributed by atoms with Crippen LogP contribution in [0.15, 0.2) is 51.7 Å². The lowest BCUT2D eigenvalue weighted by molar-refractivity contribution is 0.534. The summed E-state index contributed by atoms with van der Waals surface area (Å²) in [4.78, 5) is 9.00. The van der Waals surface area contributed by atoms with Gasteiger partial charge in [-0.2, -0.15) is 0 Å². The third-order valence-electron chi connectivity index (χ3n) is 3.72. The Morgan fingerprint density at radius 3 is 2.92 bits per heavy atom. The first-order valence-electron chi connectivity index (χ1n) is 7.65. The molecule has 0 aliphatic heterocycles. The van der Waals surface area contributed by atoms with Crippen LogP contribution < -0.4 is 0 Å². The maximum absolute atomic E-state index is 5.35. The molecular formula is C17H15N5OS2. The number of pyridine rings is 1. The van der Waals surface area contributed by atoms with Gasteiger partial charge in [0.2, 0.25) is 0 Å². The topological polar surface area (TPSA) is 69.6 Å². The smallest absolute Gasteiger partial charge is 0.191 e. The Hall–Kier alpha value is -2.45. The van der Waals surface area contributed by atoms with E-state index in [-0.39, 0.29) is 0 Å². The molecule has 0 amide bonds.